The van der Waals surface area contributed by atoms with Gasteiger partial charge in [0.15, 0.2) is 0 Å². The molecule has 1 saturated carbocycles. The largest absolute Gasteiger partial charge is 0.481 e. The summed E-state index contributed by atoms with van der Waals surface area (Å²) < 4.78 is 0. The summed E-state index contributed by atoms with van der Waals surface area (Å²) in [5.41, 5.74) is 0.973. The first-order valence-electron chi connectivity index (χ1n) is 8.42. The summed E-state index contributed by atoms with van der Waals surface area (Å²) in [7, 11) is 0. The van der Waals surface area contributed by atoms with Crippen LogP contribution in [0.2, 0.25) is 0 Å². The van der Waals surface area contributed by atoms with Gasteiger partial charge in [0.1, 0.15) is 6.04 Å². The van der Waals surface area contributed by atoms with Gasteiger partial charge in [-0.15, -0.1) is 0 Å². The maximum atomic E-state index is 12.7. The highest BCUT2D eigenvalue weighted by molar-refractivity contribution is 5.93. The van der Waals surface area contributed by atoms with E-state index in [0.717, 1.165) is 31.5 Å². The smallest absolute Gasteiger partial charge is 0.307 e. The van der Waals surface area contributed by atoms with Gasteiger partial charge in [0, 0.05) is 19.5 Å². The van der Waals surface area contributed by atoms with E-state index >= 15 is 0 Å². The van der Waals surface area contributed by atoms with E-state index in [2.05, 4.69) is 5.32 Å². The molecule has 1 aromatic carbocycles. The average molecular weight is 330 g/mol. The third-order valence-corrected chi connectivity index (χ3v) is 4.76. The van der Waals surface area contributed by atoms with Crippen molar-refractivity contribution < 1.29 is 19.5 Å². The van der Waals surface area contributed by atoms with Crippen molar-refractivity contribution in [1.82, 2.24) is 10.2 Å². The number of aliphatic carboxylic acids is 1. The quantitative estimate of drug-likeness (QED) is 0.816. The zero-order valence-electron chi connectivity index (χ0n) is 13.5. The Bertz CT molecular complexity index is 625. The van der Waals surface area contributed by atoms with Crippen molar-refractivity contribution in [2.75, 3.05) is 13.1 Å². The molecule has 1 heterocycles. The highest BCUT2D eigenvalue weighted by Gasteiger charge is 2.49. The van der Waals surface area contributed by atoms with Crippen molar-refractivity contribution in [3.05, 3.63) is 35.9 Å². The number of carboxylic acids is 1. The molecule has 128 valence electrons. The van der Waals surface area contributed by atoms with Crippen LogP contribution in [0, 0.1) is 11.8 Å². The van der Waals surface area contributed by atoms with Gasteiger partial charge in [-0.2, -0.15) is 0 Å². The number of nitrogens with zero attached hydrogens (tertiary/aromatic N) is 1. The summed E-state index contributed by atoms with van der Waals surface area (Å²) >= 11 is 0. The molecule has 2 N–H and O–H groups in total. The first kappa shape index (κ1) is 16.5. The number of carboxylic acid groups (broad SMARTS) is 1. The average Bonchev–Trinajstić information content (AvgIpc) is 3.21. The number of amides is 2. The monoisotopic (exact) mass is 330 g/mol. The van der Waals surface area contributed by atoms with Gasteiger partial charge in [-0.1, -0.05) is 30.3 Å². The number of carbonyl (C=O) groups is 3. The molecule has 0 unspecified atom stereocenters. The Morgan fingerprint density at radius 1 is 1.12 bits per heavy atom. The molecule has 0 bridgehead atoms. The summed E-state index contributed by atoms with van der Waals surface area (Å²) in [4.78, 5) is 37.8. The lowest BCUT2D eigenvalue weighted by Crippen LogP contribution is -2.49. The molecule has 24 heavy (non-hydrogen) atoms. The van der Waals surface area contributed by atoms with Crippen molar-refractivity contribution in [3.63, 3.8) is 0 Å². The molecule has 1 saturated heterocycles. The Morgan fingerprint density at radius 2 is 1.79 bits per heavy atom. The van der Waals surface area contributed by atoms with E-state index < -0.39 is 23.8 Å². The molecule has 1 aliphatic carbocycles. The molecule has 1 aromatic rings. The van der Waals surface area contributed by atoms with Crippen molar-refractivity contribution in [2.45, 2.75) is 31.7 Å². The second-order valence-corrected chi connectivity index (χ2v) is 6.57. The van der Waals surface area contributed by atoms with E-state index in [1.165, 1.54) is 0 Å². The first-order valence-corrected chi connectivity index (χ1v) is 8.42. The SMILES string of the molecule is O=C(O)[C@@H]1C[C@H]1C(=O)N[C@H](Cc1ccccc1)C(=O)N1CCCC1. The zero-order chi connectivity index (χ0) is 17.1. The predicted molar refractivity (Wildman–Crippen MR) is 87.1 cm³/mol. The molecule has 0 aromatic heterocycles. The van der Waals surface area contributed by atoms with Crippen molar-refractivity contribution in [1.29, 1.82) is 0 Å². The van der Waals surface area contributed by atoms with Crippen LogP contribution in [-0.4, -0.2) is 46.9 Å². The molecular weight excluding hydrogens is 308 g/mol. The van der Waals surface area contributed by atoms with Crippen LogP contribution < -0.4 is 5.32 Å². The van der Waals surface area contributed by atoms with Crippen LogP contribution in [0.25, 0.3) is 0 Å². The minimum Gasteiger partial charge on any atom is -0.481 e. The fourth-order valence-electron chi connectivity index (χ4n) is 3.24. The Labute approximate surface area is 140 Å². The maximum absolute atomic E-state index is 12.7. The number of nitrogens with one attached hydrogen (secondary N) is 1. The van der Waals surface area contributed by atoms with Gasteiger partial charge in [0.05, 0.1) is 11.8 Å². The van der Waals surface area contributed by atoms with Gasteiger partial charge in [-0.25, -0.2) is 0 Å². The molecule has 1 aliphatic heterocycles. The predicted octanol–water partition coefficient (Wildman–Crippen LogP) is 1.06. The van der Waals surface area contributed by atoms with E-state index in [1.807, 2.05) is 30.3 Å². The van der Waals surface area contributed by atoms with Crippen molar-refractivity contribution in [3.8, 4) is 0 Å². The van der Waals surface area contributed by atoms with E-state index in [1.54, 1.807) is 4.90 Å². The minimum atomic E-state index is -0.944. The lowest BCUT2D eigenvalue weighted by molar-refractivity contribution is -0.140. The highest BCUT2D eigenvalue weighted by Crippen LogP contribution is 2.38. The van der Waals surface area contributed by atoms with Crippen LogP contribution in [0.15, 0.2) is 30.3 Å². The van der Waals surface area contributed by atoms with Crippen LogP contribution in [0.5, 0.6) is 0 Å². The molecule has 2 amide bonds. The van der Waals surface area contributed by atoms with E-state index in [0.29, 0.717) is 12.8 Å². The molecule has 6 heteroatoms. The summed E-state index contributed by atoms with van der Waals surface area (Å²) in [5, 5.41) is 11.8. The van der Waals surface area contributed by atoms with Crippen LogP contribution in [-0.2, 0) is 20.8 Å². The Hall–Kier alpha value is -2.37. The van der Waals surface area contributed by atoms with E-state index in [4.69, 9.17) is 5.11 Å². The van der Waals surface area contributed by atoms with Crippen LogP contribution in [0.4, 0.5) is 0 Å². The number of rotatable bonds is 6. The molecule has 6 nitrogen and oxygen atoms in total. The first-order chi connectivity index (χ1) is 11.6. The number of benzene rings is 1. The summed E-state index contributed by atoms with van der Waals surface area (Å²) in [5.74, 6) is -2.45. The Morgan fingerprint density at radius 3 is 2.38 bits per heavy atom. The molecule has 3 atom stereocenters. The van der Waals surface area contributed by atoms with Crippen LogP contribution >= 0.6 is 0 Å². The summed E-state index contributed by atoms with van der Waals surface area (Å²) in [6.45, 7) is 1.45. The lowest BCUT2D eigenvalue weighted by Gasteiger charge is -2.24. The molecule has 2 aliphatic rings. The van der Waals surface area contributed by atoms with Crippen LogP contribution in [0.3, 0.4) is 0 Å². The van der Waals surface area contributed by atoms with Crippen molar-refractivity contribution >= 4 is 17.8 Å². The van der Waals surface area contributed by atoms with Gasteiger partial charge in [-0.05, 0) is 24.8 Å². The van der Waals surface area contributed by atoms with Crippen molar-refractivity contribution in [2.24, 2.45) is 11.8 Å². The van der Waals surface area contributed by atoms with Gasteiger partial charge in [0.25, 0.3) is 0 Å². The highest BCUT2D eigenvalue weighted by atomic mass is 16.4. The number of hydrogen-bond donors (Lipinski definition) is 2. The summed E-state index contributed by atoms with van der Waals surface area (Å²) in [6, 6.07) is 8.92. The second-order valence-electron chi connectivity index (χ2n) is 6.57. The number of hydrogen-bond acceptors (Lipinski definition) is 3. The molecule has 0 radical (unpaired) electrons. The van der Waals surface area contributed by atoms with Gasteiger partial charge >= 0.3 is 5.97 Å². The molecule has 2 fully saturated rings. The zero-order valence-corrected chi connectivity index (χ0v) is 13.5. The molecule has 3 rings (SSSR count). The summed E-state index contributed by atoms with van der Waals surface area (Å²) in [6.07, 6.45) is 2.76. The normalized spacial score (nSPS) is 23.6. The lowest BCUT2D eigenvalue weighted by atomic mass is 10.0. The van der Waals surface area contributed by atoms with E-state index in [-0.39, 0.29) is 11.8 Å². The fraction of sp³-hybridized carbons (Fsp3) is 0.500. The van der Waals surface area contributed by atoms with Gasteiger partial charge in [-0.3, -0.25) is 14.4 Å². The van der Waals surface area contributed by atoms with E-state index in [9.17, 15) is 14.4 Å². The Balaban J connectivity index is 1.68. The maximum Gasteiger partial charge on any atom is 0.307 e. The second kappa shape index (κ2) is 7.03. The Kier molecular flexibility index (Phi) is 4.83. The standard InChI is InChI=1S/C18H22N2O4/c21-16(13-11-14(13)18(23)24)19-15(10-12-6-2-1-3-7-12)17(22)20-8-4-5-9-20/h1-3,6-7,13-15H,4-5,8-11H2,(H,19,21)(H,23,24)/t13-,14-,15-/m1/s1. The molecule has 0 spiro atoms. The minimum absolute atomic E-state index is 0.0720. The topological polar surface area (TPSA) is 86.7 Å². The third kappa shape index (κ3) is 3.75. The number of carbonyl (C=O) groups excluding carboxylic acids is 2. The number of likely N-dealkylation sites (tertiary alicyclic amines) is 1. The van der Waals surface area contributed by atoms with Gasteiger partial charge in [0.2, 0.25) is 11.8 Å². The third-order valence-electron chi connectivity index (χ3n) is 4.76. The fourth-order valence-corrected chi connectivity index (χ4v) is 3.24. The van der Waals surface area contributed by atoms with Gasteiger partial charge < -0.3 is 15.3 Å². The molecular formula is C18H22N2O4. The van der Waals surface area contributed by atoms with Crippen LogP contribution in [0.1, 0.15) is 24.8 Å².